The minimum atomic E-state index is -4.68. The van der Waals surface area contributed by atoms with E-state index in [9.17, 15) is 17.7 Å². The zero-order valence-electron chi connectivity index (χ0n) is 6.55. The third-order valence-electron chi connectivity index (χ3n) is 2.07. The highest BCUT2D eigenvalue weighted by atomic mass is 19.4. The van der Waals surface area contributed by atoms with Crippen LogP contribution in [-0.4, -0.2) is 31.4 Å². The second kappa shape index (κ2) is 3.37. The molecule has 0 aromatic rings. The smallest absolute Gasteiger partial charge is 0.449 e. The molecule has 0 radical (unpaired) electrons. The van der Waals surface area contributed by atoms with Gasteiger partial charge in [0.15, 0.2) is 0 Å². The van der Waals surface area contributed by atoms with Gasteiger partial charge in [0.05, 0.1) is 0 Å². The number of amides is 1. The van der Waals surface area contributed by atoms with Crippen LogP contribution in [0.1, 0.15) is 6.42 Å². The molecule has 0 aromatic heterocycles. The molecule has 1 fully saturated rings. The highest BCUT2D eigenvalue weighted by molar-refractivity contribution is 6.58. The van der Waals surface area contributed by atoms with E-state index >= 15 is 0 Å². The van der Waals surface area contributed by atoms with E-state index < -0.39 is 13.3 Å². The lowest BCUT2D eigenvalue weighted by atomic mass is 9.78. The van der Waals surface area contributed by atoms with Gasteiger partial charge in [-0.15, -0.1) is 0 Å². The number of rotatable bonds is 3. The zero-order valence-corrected chi connectivity index (χ0v) is 6.55. The predicted molar refractivity (Wildman–Crippen MR) is 39.6 cm³/mol. The normalized spacial score (nSPS) is 24.6. The fraction of sp³-hybridized carbons (Fsp3) is 0.833. The number of likely N-dealkylation sites (tertiary alicyclic amines) is 1. The fourth-order valence-electron chi connectivity index (χ4n) is 1.53. The van der Waals surface area contributed by atoms with Crippen molar-refractivity contribution in [2.45, 2.75) is 12.7 Å². The standard InChI is InChI=1S/C6H10BF3NO/c8-7(9,10)3-6-1-2-11(4-6)5-12/h5-6H,1-4H2/q-1. The number of hydrogen-bond donors (Lipinski definition) is 0. The Bertz CT molecular complexity index is 173. The van der Waals surface area contributed by atoms with Gasteiger partial charge in [0, 0.05) is 13.1 Å². The summed E-state index contributed by atoms with van der Waals surface area (Å²) >= 11 is 0. The molecule has 12 heavy (non-hydrogen) atoms. The van der Waals surface area contributed by atoms with Gasteiger partial charge in [0.25, 0.3) is 0 Å². The molecule has 1 atom stereocenters. The van der Waals surface area contributed by atoms with Crippen LogP contribution in [0.2, 0.25) is 6.32 Å². The summed E-state index contributed by atoms with van der Waals surface area (Å²) in [6.45, 7) is -3.94. The summed E-state index contributed by atoms with van der Waals surface area (Å²) in [4.78, 5) is 11.6. The van der Waals surface area contributed by atoms with Crippen LogP contribution in [0.4, 0.5) is 12.9 Å². The Labute approximate surface area is 68.8 Å². The summed E-state index contributed by atoms with van der Waals surface area (Å²) in [5.41, 5.74) is 0. The molecule has 1 amide bonds. The first-order chi connectivity index (χ1) is 5.51. The van der Waals surface area contributed by atoms with E-state index in [0.717, 1.165) is 0 Å². The first kappa shape index (κ1) is 9.41. The van der Waals surface area contributed by atoms with Gasteiger partial charge >= 0.3 is 6.98 Å². The quantitative estimate of drug-likeness (QED) is 0.473. The second-order valence-electron chi connectivity index (χ2n) is 3.20. The molecule has 1 rings (SSSR count). The number of hydrogen-bond acceptors (Lipinski definition) is 1. The van der Waals surface area contributed by atoms with Crippen LogP contribution >= 0.6 is 0 Å². The van der Waals surface area contributed by atoms with Crippen LogP contribution in [-0.2, 0) is 4.79 Å². The summed E-state index contributed by atoms with van der Waals surface area (Å²) in [5.74, 6) is -0.366. The lowest BCUT2D eigenvalue weighted by molar-refractivity contribution is -0.117. The Morgan fingerprint density at radius 2 is 2.17 bits per heavy atom. The SMILES string of the molecule is O=CN1CCC(C[B-](F)(F)F)C1. The van der Waals surface area contributed by atoms with E-state index in [-0.39, 0.29) is 12.5 Å². The van der Waals surface area contributed by atoms with Crippen molar-refractivity contribution in [1.82, 2.24) is 4.90 Å². The predicted octanol–water partition coefficient (Wildman–Crippen LogP) is 1.31. The minimum absolute atomic E-state index is 0.269. The van der Waals surface area contributed by atoms with Crippen LogP contribution in [0.25, 0.3) is 0 Å². The third-order valence-corrected chi connectivity index (χ3v) is 2.07. The molecule has 1 heterocycles. The molecule has 1 aliphatic heterocycles. The van der Waals surface area contributed by atoms with Gasteiger partial charge < -0.3 is 17.8 Å². The van der Waals surface area contributed by atoms with Crippen molar-refractivity contribution in [1.29, 1.82) is 0 Å². The van der Waals surface area contributed by atoms with Crippen molar-refractivity contribution in [3.8, 4) is 0 Å². The van der Waals surface area contributed by atoms with Crippen molar-refractivity contribution in [3.05, 3.63) is 0 Å². The molecule has 70 valence electrons. The Balaban J connectivity index is 2.33. The van der Waals surface area contributed by atoms with Crippen LogP contribution in [0, 0.1) is 5.92 Å². The molecular weight excluding hydrogens is 170 g/mol. The summed E-state index contributed by atoms with van der Waals surface area (Å²) in [6, 6.07) is 0. The lowest BCUT2D eigenvalue weighted by Gasteiger charge is -2.18. The summed E-state index contributed by atoms with van der Waals surface area (Å²) in [7, 11) is 0. The Hall–Kier alpha value is -0.675. The number of carbonyl (C=O) groups excluding carboxylic acids is 1. The van der Waals surface area contributed by atoms with E-state index in [4.69, 9.17) is 0 Å². The highest BCUT2D eigenvalue weighted by Crippen LogP contribution is 2.27. The molecule has 1 saturated heterocycles. The molecule has 0 bridgehead atoms. The molecule has 0 aliphatic carbocycles. The van der Waals surface area contributed by atoms with E-state index in [2.05, 4.69) is 0 Å². The monoisotopic (exact) mass is 180 g/mol. The molecule has 0 saturated carbocycles. The first-order valence-electron chi connectivity index (χ1n) is 3.91. The Morgan fingerprint density at radius 3 is 2.58 bits per heavy atom. The summed E-state index contributed by atoms with van der Waals surface area (Å²) < 4.78 is 35.7. The van der Waals surface area contributed by atoms with Crippen LogP contribution in [0.3, 0.4) is 0 Å². The lowest BCUT2D eigenvalue weighted by Crippen LogP contribution is -2.23. The van der Waals surface area contributed by atoms with Crippen molar-refractivity contribution in [2.75, 3.05) is 13.1 Å². The van der Waals surface area contributed by atoms with Gasteiger partial charge in [-0.05, 0) is 12.3 Å². The van der Waals surface area contributed by atoms with Gasteiger partial charge in [-0.2, -0.15) is 0 Å². The number of halogens is 3. The van der Waals surface area contributed by atoms with Gasteiger partial charge in [-0.25, -0.2) is 0 Å². The van der Waals surface area contributed by atoms with Crippen molar-refractivity contribution in [3.63, 3.8) is 0 Å². The summed E-state index contributed by atoms with van der Waals surface area (Å²) in [5, 5.41) is 0. The number of nitrogens with zero attached hydrogens (tertiary/aromatic N) is 1. The largest absolute Gasteiger partial charge is 0.478 e. The van der Waals surface area contributed by atoms with Crippen molar-refractivity contribution < 1.29 is 17.7 Å². The summed E-state index contributed by atoms with van der Waals surface area (Å²) in [6.07, 6.45) is 0.397. The zero-order chi connectivity index (χ0) is 9.19. The van der Waals surface area contributed by atoms with Gasteiger partial charge in [-0.3, -0.25) is 4.79 Å². The maximum Gasteiger partial charge on any atom is 0.478 e. The van der Waals surface area contributed by atoms with E-state index in [1.54, 1.807) is 0 Å². The minimum Gasteiger partial charge on any atom is -0.449 e. The van der Waals surface area contributed by atoms with E-state index in [0.29, 0.717) is 19.4 Å². The van der Waals surface area contributed by atoms with Gasteiger partial charge in [0.2, 0.25) is 6.41 Å². The Morgan fingerprint density at radius 1 is 1.50 bits per heavy atom. The van der Waals surface area contributed by atoms with Gasteiger partial charge in [0.1, 0.15) is 0 Å². The van der Waals surface area contributed by atoms with E-state index in [1.807, 2.05) is 0 Å². The molecule has 0 N–H and O–H groups in total. The maximum atomic E-state index is 11.9. The fourth-order valence-corrected chi connectivity index (χ4v) is 1.53. The average molecular weight is 180 g/mol. The molecule has 1 unspecified atom stereocenters. The van der Waals surface area contributed by atoms with Gasteiger partial charge in [-0.1, -0.05) is 6.32 Å². The highest BCUT2D eigenvalue weighted by Gasteiger charge is 2.31. The average Bonchev–Trinajstić information content (AvgIpc) is 2.32. The molecule has 2 nitrogen and oxygen atoms in total. The molecule has 1 aliphatic rings. The molecule has 0 aromatic carbocycles. The molecule has 0 spiro atoms. The Kier molecular flexibility index (Phi) is 2.64. The second-order valence-corrected chi connectivity index (χ2v) is 3.20. The van der Waals surface area contributed by atoms with Crippen LogP contribution in [0.5, 0.6) is 0 Å². The van der Waals surface area contributed by atoms with E-state index in [1.165, 1.54) is 4.90 Å². The molecule has 6 heteroatoms. The maximum absolute atomic E-state index is 11.9. The number of carbonyl (C=O) groups is 1. The van der Waals surface area contributed by atoms with Crippen molar-refractivity contribution >= 4 is 13.4 Å². The molecular formula is C6H10BF3NO-. The topological polar surface area (TPSA) is 20.3 Å². The third kappa shape index (κ3) is 2.75. The van der Waals surface area contributed by atoms with Crippen molar-refractivity contribution in [2.24, 2.45) is 5.92 Å². The van der Waals surface area contributed by atoms with Crippen LogP contribution in [0.15, 0.2) is 0 Å². The van der Waals surface area contributed by atoms with Crippen LogP contribution < -0.4 is 0 Å². The first-order valence-corrected chi connectivity index (χ1v) is 3.91.